The molecule has 1 aromatic heterocycles. The maximum Gasteiger partial charge on any atom is 0.204 e. The van der Waals surface area contributed by atoms with Crippen LogP contribution >= 0.6 is 11.3 Å². The Morgan fingerprint density at radius 3 is 2.22 bits per heavy atom. The fourth-order valence-electron chi connectivity index (χ4n) is 1.55. The molecule has 0 fully saturated rings. The van der Waals surface area contributed by atoms with Crippen LogP contribution in [0.5, 0.6) is 11.5 Å². The third-order valence-corrected chi connectivity index (χ3v) is 3.37. The first-order valence-corrected chi connectivity index (χ1v) is 6.16. The molecule has 0 spiro atoms. The summed E-state index contributed by atoms with van der Waals surface area (Å²) < 4.78 is 10.3. The minimum Gasteiger partial charge on any atom is -0.497 e. The topological polar surface area (TPSA) is 48.4 Å². The molecule has 0 unspecified atom stereocenters. The monoisotopic (exact) mass is 263 g/mol. The minimum atomic E-state index is -0.0715. The molecule has 4 nitrogen and oxygen atoms in total. The van der Waals surface area contributed by atoms with Crippen molar-refractivity contribution < 1.29 is 14.3 Å². The molecule has 2 aromatic rings. The molecule has 5 heteroatoms. The Morgan fingerprint density at radius 1 is 1.17 bits per heavy atom. The molecular formula is C13H13NO3S. The number of carbonyl (C=O) groups excluding carboxylic acids is 1. The number of aryl methyl sites for hydroxylation is 1. The summed E-state index contributed by atoms with van der Waals surface area (Å²) in [5.74, 6) is 1.12. The van der Waals surface area contributed by atoms with Gasteiger partial charge in [-0.05, 0) is 19.1 Å². The van der Waals surface area contributed by atoms with Crippen LogP contribution < -0.4 is 9.47 Å². The summed E-state index contributed by atoms with van der Waals surface area (Å²) in [5.41, 5.74) is 0.537. The average Bonchev–Trinajstić information content (AvgIpc) is 2.83. The van der Waals surface area contributed by atoms with Gasteiger partial charge < -0.3 is 9.47 Å². The number of carbonyl (C=O) groups is 1. The van der Waals surface area contributed by atoms with Crippen molar-refractivity contribution >= 4 is 17.1 Å². The van der Waals surface area contributed by atoms with E-state index in [1.807, 2.05) is 6.92 Å². The maximum atomic E-state index is 12.3. The molecule has 0 saturated heterocycles. The predicted molar refractivity (Wildman–Crippen MR) is 69.8 cm³/mol. The van der Waals surface area contributed by atoms with E-state index in [0.717, 1.165) is 5.01 Å². The van der Waals surface area contributed by atoms with Crippen molar-refractivity contribution in [2.24, 2.45) is 0 Å². The van der Waals surface area contributed by atoms with Gasteiger partial charge in [-0.15, -0.1) is 11.3 Å². The molecule has 0 atom stereocenters. The predicted octanol–water partition coefficient (Wildman–Crippen LogP) is 2.70. The quantitative estimate of drug-likeness (QED) is 0.796. The summed E-state index contributed by atoms with van der Waals surface area (Å²) in [6.07, 6.45) is 1.59. The standard InChI is InChI=1S/C13H13NO3S/c1-8-14-7-12(18-8)13(15)9-4-10(16-2)6-11(5-9)17-3/h4-7H,1-3H3. The first-order chi connectivity index (χ1) is 8.63. The Labute approximate surface area is 109 Å². The van der Waals surface area contributed by atoms with Crippen LogP contribution in [-0.4, -0.2) is 25.0 Å². The van der Waals surface area contributed by atoms with E-state index in [1.165, 1.54) is 11.3 Å². The van der Waals surface area contributed by atoms with E-state index in [-0.39, 0.29) is 5.78 Å². The van der Waals surface area contributed by atoms with Crippen LogP contribution in [0.3, 0.4) is 0 Å². The number of nitrogens with zero attached hydrogens (tertiary/aromatic N) is 1. The zero-order valence-electron chi connectivity index (χ0n) is 10.4. The second-order valence-electron chi connectivity index (χ2n) is 3.67. The first-order valence-electron chi connectivity index (χ1n) is 5.34. The molecule has 0 saturated carbocycles. The molecule has 18 heavy (non-hydrogen) atoms. The van der Waals surface area contributed by atoms with E-state index in [9.17, 15) is 4.79 Å². The van der Waals surface area contributed by atoms with Crippen LogP contribution in [0, 0.1) is 6.92 Å². The molecule has 0 bridgehead atoms. The number of aromatic nitrogens is 1. The normalized spacial score (nSPS) is 10.2. The van der Waals surface area contributed by atoms with Gasteiger partial charge >= 0.3 is 0 Å². The molecule has 0 radical (unpaired) electrons. The van der Waals surface area contributed by atoms with E-state index in [1.54, 1.807) is 38.6 Å². The van der Waals surface area contributed by atoms with Gasteiger partial charge in [-0.25, -0.2) is 4.98 Å². The lowest BCUT2D eigenvalue weighted by Crippen LogP contribution is -2.00. The molecule has 94 valence electrons. The van der Waals surface area contributed by atoms with Crippen LogP contribution in [-0.2, 0) is 0 Å². The second kappa shape index (κ2) is 5.18. The van der Waals surface area contributed by atoms with E-state index in [4.69, 9.17) is 9.47 Å². The lowest BCUT2D eigenvalue weighted by atomic mass is 10.1. The fourth-order valence-corrected chi connectivity index (χ4v) is 2.29. The molecular weight excluding hydrogens is 250 g/mol. The molecule has 0 aliphatic carbocycles. The van der Waals surface area contributed by atoms with Crippen molar-refractivity contribution in [1.29, 1.82) is 0 Å². The van der Waals surface area contributed by atoms with Crippen LogP contribution in [0.15, 0.2) is 24.4 Å². The van der Waals surface area contributed by atoms with E-state index in [2.05, 4.69) is 4.98 Å². The number of ketones is 1. The summed E-state index contributed by atoms with van der Waals surface area (Å²) in [4.78, 5) is 17.0. The number of thiazole rings is 1. The van der Waals surface area contributed by atoms with Crippen molar-refractivity contribution in [3.63, 3.8) is 0 Å². The van der Waals surface area contributed by atoms with Gasteiger partial charge in [0.05, 0.1) is 24.1 Å². The molecule has 0 N–H and O–H groups in total. The average molecular weight is 263 g/mol. The maximum absolute atomic E-state index is 12.3. The Bertz CT molecular complexity index is 555. The van der Waals surface area contributed by atoms with Crippen molar-refractivity contribution in [3.05, 3.63) is 39.8 Å². The van der Waals surface area contributed by atoms with Gasteiger partial charge in [0.25, 0.3) is 0 Å². The summed E-state index contributed by atoms with van der Waals surface area (Å²) >= 11 is 1.38. The molecule has 0 aliphatic rings. The molecule has 1 heterocycles. The van der Waals surface area contributed by atoms with Gasteiger partial charge in [0, 0.05) is 17.8 Å². The zero-order valence-corrected chi connectivity index (χ0v) is 11.2. The third-order valence-electron chi connectivity index (χ3n) is 2.46. The van der Waals surface area contributed by atoms with Gasteiger partial charge in [-0.3, -0.25) is 4.79 Å². The van der Waals surface area contributed by atoms with E-state index < -0.39 is 0 Å². The zero-order chi connectivity index (χ0) is 13.1. The summed E-state index contributed by atoms with van der Waals surface area (Å²) in [7, 11) is 3.11. The van der Waals surface area contributed by atoms with Crippen molar-refractivity contribution in [2.45, 2.75) is 6.92 Å². The fraction of sp³-hybridized carbons (Fsp3) is 0.231. The van der Waals surface area contributed by atoms with Gasteiger partial charge in [0.2, 0.25) is 5.78 Å². The van der Waals surface area contributed by atoms with Crippen LogP contribution in [0.2, 0.25) is 0 Å². The highest BCUT2D eigenvalue weighted by Gasteiger charge is 2.14. The largest absolute Gasteiger partial charge is 0.497 e. The summed E-state index contributed by atoms with van der Waals surface area (Å²) in [6, 6.07) is 5.12. The number of ether oxygens (including phenoxy) is 2. The summed E-state index contributed by atoms with van der Waals surface area (Å²) in [6.45, 7) is 1.87. The molecule has 0 aliphatic heterocycles. The van der Waals surface area contributed by atoms with Gasteiger partial charge in [-0.1, -0.05) is 0 Å². The Balaban J connectivity index is 2.40. The molecule has 1 aromatic carbocycles. The van der Waals surface area contributed by atoms with E-state index in [0.29, 0.717) is 21.9 Å². The third kappa shape index (κ3) is 2.51. The van der Waals surface area contributed by atoms with Gasteiger partial charge in [0.15, 0.2) is 0 Å². The molecule has 2 rings (SSSR count). The lowest BCUT2D eigenvalue weighted by molar-refractivity contribution is 0.104. The Morgan fingerprint density at radius 2 is 1.78 bits per heavy atom. The lowest BCUT2D eigenvalue weighted by Gasteiger charge is -2.06. The number of methoxy groups -OCH3 is 2. The van der Waals surface area contributed by atoms with Crippen molar-refractivity contribution in [2.75, 3.05) is 14.2 Å². The highest BCUT2D eigenvalue weighted by molar-refractivity contribution is 7.13. The van der Waals surface area contributed by atoms with Gasteiger partial charge in [0.1, 0.15) is 11.5 Å². The minimum absolute atomic E-state index is 0.0715. The first kappa shape index (κ1) is 12.6. The smallest absolute Gasteiger partial charge is 0.204 e. The molecule has 0 amide bonds. The highest BCUT2D eigenvalue weighted by atomic mass is 32.1. The number of hydrogen-bond donors (Lipinski definition) is 0. The second-order valence-corrected chi connectivity index (χ2v) is 4.91. The Kier molecular flexibility index (Phi) is 3.62. The Hall–Kier alpha value is -1.88. The van der Waals surface area contributed by atoms with Crippen molar-refractivity contribution in [1.82, 2.24) is 4.98 Å². The van der Waals surface area contributed by atoms with Crippen LogP contribution in [0.1, 0.15) is 20.2 Å². The van der Waals surface area contributed by atoms with Crippen LogP contribution in [0.4, 0.5) is 0 Å². The highest BCUT2D eigenvalue weighted by Crippen LogP contribution is 2.25. The number of benzene rings is 1. The number of rotatable bonds is 4. The summed E-state index contributed by atoms with van der Waals surface area (Å²) in [5, 5.41) is 0.869. The van der Waals surface area contributed by atoms with Crippen LogP contribution in [0.25, 0.3) is 0 Å². The van der Waals surface area contributed by atoms with E-state index >= 15 is 0 Å². The SMILES string of the molecule is COc1cc(OC)cc(C(=O)c2cnc(C)s2)c1. The number of hydrogen-bond acceptors (Lipinski definition) is 5. The van der Waals surface area contributed by atoms with Gasteiger partial charge in [-0.2, -0.15) is 0 Å². The van der Waals surface area contributed by atoms with Crippen molar-refractivity contribution in [3.8, 4) is 11.5 Å².